The lowest BCUT2D eigenvalue weighted by Crippen LogP contribution is -2.45. The summed E-state index contributed by atoms with van der Waals surface area (Å²) in [6.07, 6.45) is 3.41. The zero-order chi connectivity index (χ0) is 9.84. The number of methoxy groups -OCH3 is 1. The summed E-state index contributed by atoms with van der Waals surface area (Å²) < 4.78 is 5.27. The number of ether oxygens (including phenoxy) is 1. The fourth-order valence-corrected chi connectivity index (χ4v) is 1.66. The normalized spacial score (nSPS) is 27.3. The highest BCUT2D eigenvalue weighted by Gasteiger charge is 2.28. The molecule has 1 fully saturated rings. The summed E-state index contributed by atoms with van der Waals surface area (Å²) in [7, 11) is 5.18. The van der Waals surface area contributed by atoms with Gasteiger partial charge in [-0.15, -0.1) is 0 Å². The van der Waals surface area contributed by atoms with Gasteiger partial charge < -0.3 is 15.0 Å². The summed E-state index contributed by atoms with van der Waals surface area (Å²) in [5.41, 5.74) is 0. The fourth-order valence-electron chi connectivity index (χ4n) is 1.66. The lowest BCUT2D eigenvalue weighted by molar-refractivity contribution is 0.0859. The molecule has 2 unspecified atom stereocenters. The molecule has 0 aromatic heterocycles. The minimum atomic E-state index is -0.0334. The van der Waals surface area contributed by atoms with E-state index in [-0.39, 0.29) is 18.2 Å². The molecule has 0 saturated heterocycles. The molecule has 0 radical (unpaired) electrons. The third-order valence-electron chi connectivity index (χ3n) is 2.47. The minimum Gasteiger partial charge on any atom is -0.379 e. The van der Waals surface area contributed by atoms with E-state index < -0.39 is 0 Å². The maximum absolute atomic E-state index is 11.3. The van der Waals surface area contributed by atoms with E-state index in [1.807, 2.05) is 0 Å². The number of rotatable bonds is 2. The molecule has 0 aliphatic heterocycles. The first-order valence-electron chi connectivity index (χ1n) is 4.65. The van der Waals surface area contributed by atoms with Crippen LogP contribution in [-0.4, -0.2) is 44.3 Å². The van der Waals surface area contributed by atoms with Crippen LogP contribution in [-0.2, 0) is 4.74 Å². The molecule has 1 rings (SSSR count). The van der Waals surface area contributed by atoms with Gasteiger partial charge in [0.1, 0.15) is 0 Å². The van der Waals surface area contributed by atoms with Crippen LogP contribution in [0.15, 0.2) is 0 Å². The van der Waals surface area contributed by atoms with Crippen molar-refractivity contribution in [2.45, 2.75) is 31.4 Å². The Morgan fingerprint density at radius 3 is 2.69 bits per heavy atom. The predicted octanol–water partition coefficient (Wildman–Crippen LogP) is 0.825. The monoisotopic (exact) mass is 186 g/mol. The number of nitrogens with zero attached hydrogens (tertiary/aromatic N) is 1. The molecule has 4 heteroatoms. The molecular weight excluding hydrogens is 168 g/mol. The molecule has 1 aliphatic rings. The molecule has 13 heavy (non-hydrogen) atoms. The van der Waals surface area contributed by atoms with Crippen LogP contribution in [0, 0.1) is 0 Å². The summed E-state index contributed by atoms with van der Waals surface area (Å²) in [6.45, 7) is 0. The van der Waals surface area contributed by atoms with E-state index in [0.29, 0.717) is 0 Å². The molecule has 0 aromatic carbocycles. The highest BCUT2D eigenvalue weighted by atomic mass is 16.5. The Bertz CT molecular complexity index is 182. The van der Waals surface area contributed by atoms with Crippen molar-refractivity contribution in [1.29, 1.82) is 0 Å². The van der Waals surface area contributed by atoms with Crippen molar-refractivity contribution < 1.29 is 9.53 Å². The average Bonchev–Trinajstić information content (AvgIpc) is 2.51. The van der Waals surface area contributed by atoms with Gasteiger partial charge in [-0.3, -0.25) is 0 Å². The molecule has 0 aromatic rings. The van der Waals surface area contributed by atoms with Crippen LogP contribution in [0.3, 0.4) is 0 Å². The van der Waals surface area contributed by atoms with E-state index in [1.54, 1.807) is 26.1 Å². The third-order valence-corrected chi connectivity index (χ3v) is 2.47. The molecule has 0 bridgehead atoms. The van der Waals surface area contributed by atoms with Crippen LogP contribution in [0.25, 0.3) is 0 Å². The Morgan fingerprint density at radius 2 is 2.15 bits per heavy atom. The number of hydrogen-bond donors (Lipinski definition) is 1. The van der Waals surface area contributed by atoms with Crippen molar-refractivity contribution >= 4 is 6.03 Å². The Morgan fingerprint density at radius 1 is 1.46 bits per heavy atom. The molecule has 0 heterocycles. The predicted molar refractivity (Wildman–Crippen MR) is 50.7 cm³/mol. The van der Waals surface area contributed by atoms with Crippen molar-refractivity contribution in [2.75, 3.05) is 21.2 Å². The third kappa shape index (κ3) is 2.59. The Labute approximate surface area is 79.2 Å². The van der Waals surface area contributed by atoms with Crippen molar-refractivity contribution in [3.8, 4) is 0 Å². The van der Waals surface area contributed by atoms with E-state index in [4.69, 9.17) is 4.74 Å². The lowest BCUT2D eigenvalue weighted by Gasteiger charge is -2.21. The van der Waals surface area contributed by atoms with Gasteiger partial charge in [0.2, 0.25) is 0 Å². The molecule has 2 atom stereocenters. The standard InChI is InChI=1S/C9H18N2O2/c1-11(2)9(12)10-7-5-4-6-8(7)13-3/h7-8H,4-6H2,1-3H3,(H,10,12). The number of carbonyl (C=O) groups excluding carboxylic acids is 1. The first kappa shape index (κ1) is 10.3. The summed E-state index contributed by atoms with van der Waals surface area (Å²) in [5, 5.41) is 2.94. The summed E-state index contributed by atoms with van der Waals surface area (Å²) in [6, 6.07) is 0.161. The minimum absolute atomic E-state index is 0.0334. The summed E-state index contributed by atoms with van der Waals surface area (Å²) in [5.74, 6) is 0. The Kier molecular flexibility index (Phi) is 3.54. The summed E-state index contributed by atoms with van der Waals surface area (Å²) in [4.78, 5) is 12.9. The second kappa shape index (κ2) is 4.46. The van der Waals surface area contributed by atoms with Gasteiger partial charge in [-0.25, -0.2) is 4.79 Å². The zero-order valence-corrected chi connectivity index (χ0v) is 8.54. The first-order valence-corrected chi connectivity index (χ1v) is 4.65. The lowest BCUT2D eigenvalue weighted by atomic mass is 10.2. The van der Waals surface area contributed by atoms with E-state index >= 15 is 0 Å². The van der Waals surface area contributed by atoms with Crippen molar-refractivity contribution in [1.82, 2.24) is 10.2 Å². The van der Waals surface area contributed by atoms with Gasteiger partial charge in [0.15, 0.2) is 0 Å². The smallest absolute Gasteiger partial charge is 0.317 e. The van der Waals surface area contributed by atoms with Crippen molar-refractivity contribution in [3.63, 3.8) is 0 Å². The molecule has 4 nitrogen and oxygen atoms in total. The van der Waals surface area contributed by atoms with E-state index in [2.05, 4.69) is 5.32 Å². The van der Waals surface area contributed by atoms with Gasteiger partial charge in [0.25, 0.3) is 0 Å². The van der Waals surface area contributed by atoms with Crippen LogP contribution in [0.4, 0.5) is 4.79 Å². The molecular formula is C9H18N2O2. The van der Waals surface area contributed by atoms with E-state index in [0.717, 1.165) is 19.3 Å². The quantitative estimate of drug-likeness (QED) is 0.694. The number of carbonyl (C=O) groups is 1. The molecule has 76 valence electrons. The second-order valence-electron chi connectivity index (χ2n) is 3.66. The molecule has 2 amide bonds. The topological polar surface area (TPSA) is 41.6 Å². The molecule has 0 spiro atoms. The van der Waals surface area contributed by atoms with Gasteiger partial charge in [0.05, 0.1) is 12.1 Å². The molecule has 1 saturated carbocycles. The highest BCUT2D eigenvalue weighted by molar-refractivity contribution is 5.73. The maximum atomic E-state index is 11.3. The SMILES string of the molecule is COC1CCCC1NC(=O)N(C)C. The van der Waals surface area contributed by atoms with Crippen molar-refractivity contribution in [2.24, 2.45) is 0 Å². The zero-order valence-electron chi connectivity index (χ0n) is 8.54. The summed E-state index contributed by atoms with van der Waals surface area (Å²) >= 11 is 0. The molecule has 1 aliphatic carbocycles. The van der Waals surface area contributed by atoms with Gasteiger partial charge in [-0.2, -0.15) is 0 Å². The van der Waals surface area contributed by atoms with Gasteiger partial charge in [-0.05, 0) is 19.3 Å². The fraction of sp³-hybridized carbons (Fsp3) is 0.889. The van der Waals surface area contributed by atoms with Crippen LogP contribution in [0.2, 0.25) is 0 Å². The number of hydrogen-bond acceptors (Lipinski definition) is 2. The maximum Gasteiger partial charge on any atom is 0.317 e. The van der Waals surface area contributed by atoms with Gasteiger partial charge in [0, 0.05) is 21.2 Å². The Hall–Kier alpha value is -0.770. The van der Waals surface area contributed by atoms with Gasteiger partial charge >= 0.3 is 6.03 Å². The number of nitrogens with one attached hydrogen (secondary N) is 1. The first-order chi connectivity index (χ1) is 6.15. The van der Waals surface area contributed by atoms with Crippen molar-refractivity contribution in [3.05, 3.63) is 0 Å². The average molecular weight is 186 g/mol. The van der Waals surface area contributed by atoms with Crippen LogP contribution in [0.1, 0.15) is 19.3 Å². The van der Waals surface area contributed by atoms with E-state index in [1.165, 1.54) is 0 Å². The Balaban J connectivity index is 2.39. The number of amides is 2. The van der Waals surface area contributed by atoms with Crippen LogP contribution >= 0.6 is 0 Å². The molecule has 1 N–H and O–H groups in total. The number of urea groups is 1. The van der Waals surface area contributed by atoms with Crippen LogP contribution in [0.5, 0.6) is 0 Å². The largest absolute Gasteiger partial charge is 0.379 e. The van der Waals surface area contributed by atoms with Crippen LogP contribution < -0.4 is 5.32 Å². The second-order valence-corrected chi connectivity index (χ2v) is 3.66. The van der Waals surface area contributed by atoms with Gasteiger partial charge in [-0.1, -0.05) is 0 Å². The van der Waals surface area contributed by atoms with E-state index in [9.17, 15) is 4.79 Å². The highest BCUT2D eigenvalue weighted by Crippen LogP contribution is 2.21.